The van der Waals surface area contributed by atoms with E-state index in [1.165, 1.54) is 6.42 Å². The Morgan fingerprint density at radius 3 is 2.94 bits per heavy atom. The van der Waals surface area contributed by atoms with Gasteiger partial charge in [-0.05, 0) is 30.4 Å². The van der Waals surface area contributed by atoms with Crippen molar-refractivity contribution in [2.75, 3.05) is 13.1 Å². The molecule has 0 amide bonds. The second-order valence-electron chi connectivity index (χ2n) is 5.43. The molecular weight excluding hydrogens is 202 g/mol. The van der Waals surface area contributed by atoms with Gasteiger partial charge in [0.25, 0.3) is 0 Å². The van der Waals surface area contributed by atoms with E-state index >= 15 is 0 Å². The molecule has 4 heteroatoms. The van der Waals surface area contributed by atoms with Crippen LogP contribution in [0.3, 0.4) is 0 Å². The van der Waals surface area contributed by atoms with Gasteiger partial charge in [0.1, 0.15) is 0 Å². The molecule has 1 aromatic rings. The van der Waals surface area contributed by atoms with Crippen molar-refractivity contribution in [3.63, 3.8) is 0 Å². The Morgan fingerprint density at radius 1 is 1.62 bits per heavy atom. The van der Waals surface area contributed by atoms with E-state index in [0.29, 0.717) is 18.5 Å². The van der Waals surface area contributed by atoms with Gasteiger partial charge >= 0.3 is 0 Å². The maximum atomic E-state index is 9.76. The van der Waals surface area contributed by atoms with Gasteiger partial charge in [0.2, 0.25) is 0 Å². The smallest absolute Gasteiger partial charge is 0.0860 e. The first kappa shape index (κ1) is 11.6. The lowest BCUT2D eigenvalue weighted by Crippen LogP contribution is -2.32. The molecular formula is C12H21N3O. The summed E-state index contributed by atoms with van der Waals surface area (Å²) in [5.41, 5.74) is 0.514. The van der Waals surface area contributed by atoms with Gasteiger partial charge in [-0.3, -0.25) is 4.68 Å². The second-order valence-corrected chi connectivity index (χ2v) is 5.43. The van der Waals surface area contributed by atoms with Crippen molar-refractivity contribution in [1.82, 2.24) is 15.1 Å². The van der Waals surface area contributed by atoms with Crippen LogP contribution in [0.1, 0.15) is 20.3 Å². The molecule has 0 aromatic carbocycles. The second kappa shape index (κ2) is 4.55. The summed E-state index contributed by atoms with van der Waals surface area (Å²) in [6, 6.07) is 1.87. The van der Waals surface area contributed by atoms with E-state index in [1.54, 1.807) is 10.9 Å². The molecule has 4 nitrogen and oxygen atoms in total. The maximum absolute atomic E-state index is 9.76. The summed E-state index contributed by atoms with van der Waals surface area (Å²) in [7, 11) is 0. The topological polar surface area (TPSA) is 50.1 Å². The van der Waals surface area contributed by atoms with Crippen molar-refractivity contribution >= 4 is 0 Å². The van der Waals surface area contributed by atoms with Crippen LogP contribution in [-0.4, -0.2) is 34.1 Å². The zero-order valence-electron chi connectivity index (χ0n) is 10.1. The Hall–Kier alpha value is -0.870. The first-order chi connectivity index (χ1) is 7.58. The van der Waals surface area contributed by atoms with Gasteiger partial charge in [-0.2, -0.15) is 5.10 Å². The van der Waals surface area contributed by atoms with Crippen molar-refractivity contribution < 1.29 is 5.11 Å². The summed E-state index contributed by atoms with van der Waals surface area (Å²) in [4.78, 5) is 0. The molecule has 0 aliphatic heterocycles. The number of hydrogen-bond donors (Lipinski definition) is 2. The lowest BCUT2D eigenvalue weighted by atomic mass is 10.1. The lowest BCUT2D eigenvalue weighted by molar-refractivity contribution is 0.146. The number of hydrogen-bond acceptors (Lipinski definition) is 3. The monoisotopic (exact) mass is 223 g/mol. The van der Waals surface area contributed by atoms with Gasteiger partial charge in [-0.25, -0.2) is 0 Å². The molecule has 2 N–H and O–H groups in total. The van der Waals surface area contributed by atoms with Crippen LogP contribution in [0.5, 0.6) is 0 Å². The number of aromatic nitrogens is 2. The van der Waals surface area contributed by atoms with Crippen LogP contribution < -0.4 is 5.32 Å². The summed E-state index contributed by atoms with van der Waals surface area (Å²) >= 11 is 0. The summed E-state index contributed by atoms with van der Waals surface area (Å²) < 4.78 is 1.76. The fraction of sp³-hybridized carbons (Fsp3) is 0.750. The molecule has 1 aliphatic rings. The summed E-state index contributed by atoms with van der Waals surface area (Å²) in [6.07, 6.45) is 4.54. The van der Waals surface area contributed by atoms with Crippen molar-refractivity contribution in [2.45, 2.75) is 32.9 Å². The number of aliphatic hydroxyl groups is 1. The van der Waals surface area contributed by atoms with Crippen molar-refractivity contribution in [3.05, 3.63) is 18.5 Å². The van der Waals surface area contributed by atoms with Crippen LogP contribution >= 0.6 is 0 Å². The van der Waals surface area contributed by atoms with E-state index in [1.807, 2.05) is 12.3 Å². The SMILES string of the molecule is CC1(C)CC1CNCC(O)Cn1cccn1. The Kier molecular flexibility index (Phi) is 3.30. The van der Waals surface area contributed by atoms with E-state index in [0.717, 1.165) is 12.5 Å². The Balaban J connectivity index is 1.60. The summed E-state index contributed by atoms with van der Waals surface area (Å²) in [6.45, 7) is 6.81. The highest BCUT2D eigenvalue weighted by atomic mass is 16.3. The highest BCUT2D eigenvalue weighted by Gasteiger charge is 2.44. The number of nitrogens with one attached hydrogen (secondary N) is 1. The fourth-order valence-corrected chi connectivity index (χ4v) is 2.04. The molecule has 1 fully saturated rings. The molecule has 1 aromatic heterocycles. The molecule has 0 bridgehead atoms. The van der Waals surface area contributed by atoms with Crippen LogP contribution in [0.4, 0.5) is 0 Å². The minimum absolute atomic E-state index is 0.359. The average molecular weight is 223 g/mol. The Labute approximate surface area is 96.7 Å². The van der Waals surface area contributed by atoms with Crippen LogP contribution in [0.2, 0.25) is 0 Å². The molecule has 0 radical (unpaired) electrons. The zero-order valence-corrected chi connectivity index (χ0v) is 10.1. The number of rotatable bonds is 6. The normalized spacial score (nSPS) is 24.3. The highest BCUT2D eigenvalue weighted by Crippen LogP contribution is 2.50. The van der Waals surface area contributed by atoms with Gasteiger partial charge in [-0.1, -0.05) is 13.8 Å². The van der Waals surface area contributed by atoms with Crippen LogP contribution in [0.15, 0.2) is 18.5 Å². The third-order valence-electron chi connectivity index (χ3n) is 3.45. The highest BCUT2D eigenvalue weighted by molar-refractivity contribution is 4.96. The van der Waals surface area contributed by atoms with Crippen molar-refractivity contribution in [2.24, 2.45) is 11.3 Å². The van der Waals surface area contributed by atoms with Crippen molar-refractivity contribution in [3.8, 4) is 0 Å². The maximum Gasteiger partial charge on any atom is 0.0860 e. The third kappa shape index (κ3) is 3.06. The zero-order chi connectivity index (χ0) is 11.6. The first-order valence-corrected chi connectivity index (χ1v) is 5.94. The predicted molar refractivity (Wildman–Crippen MR) is 63.0 cm³/mol. The third-order valence-corrected chi connectivity index (χ3v) is 3.45. The molecule has 1 saturated carbocycles. The molecule has 1 heterocycles. The number of nitrogens with zero attached hydrogens (tertiary/aromatic N) is 2. The first-order valence-electron chi connectivity index (χ1n) is 5.94. The van der Waals surface area contributed by atoms with E-state index in [4.69, 9.17) is 0 Å². The lowest BCUT2D eigenvalue weighted by Gasteiger charge is -2.12. The minimum Gasteiger partial charge on any atom is -0.390 e. The standard InChI is InChI=1S/C12H21N3O/c1-12(2)6-10(12)7-13-8-11(16)9-15-5-3-4-14-15/h3-5,10-11,13,16H,6-9H2,1-2H3. The van der Waals surface area contributed by atoms with E-state index in [2.05, 4.69) is 24.3 Å². The van der Waals surface area contributed by atoms with Crippen molar-refractivity contribution in [1.29, 1.82) is 0 Å². The summed E-state index contributed by atoms with van der Waals surface area (Å²) in [5.74, 6) is 0.782. The predicted octanol–water partition coefficient (Wildman–Crippen LogP) is 0.880. The average Bonchev–Trinajstić information content (AvgIpc) is 2.66. The van der Waals surface area contributed by atoms with Gasteiger partial charge in [0, 0.05) is 18.9 Å². The Bertz CT molecular complexity index is 321. The minimum atomic E-state index is -0.359. The van der Waals surface area contributed by atoms with Gasteiger partial charge in [-0.15, -0.1) is 0 Å². The Morgan fingerprint density at radius 2 is 2.38 bits per heavy atom. The summed E-state index contributed by atoms with van der Waals surface area (Å²) in [5, 5.41) is 17.1. The molecule has 2 atom stereocenters. The fourth-order valence-electron chi connectivity index (χ4n) is 2.04. The molecule has 1 aliphatic carbocycles. The molecule has 0 spiro atoms. The van der Waals surface area contributed by atoms with E-state index in [9.17, 15) is 5.11 Å². The van der Waals surface area contributed by atoms with Crippen LogP contribution in [0, 0.1) is 11.3 Å². The molecule has 2 rings (SSSR count). The van der Waals surface area contributed by atoms with Crippen LogP contribution in [-0.2, 0) is 6.54 Å². The molecule has 0 saturated heterocycles. The van der Waals surface area contributed by atoms with Gasteiger partial charge in [0.05, 0.1) is 12.6 Å². The van der Waals surface area contributed by atoms with Gasteiger partial charge < -0.3 is 10.4 Å². The number of aliphatic hydroxyl groups excluding tert-OH is 1. The molecule has 16 heavy (non-hydrogen) atoms. The van der Waals surface area contributed by atoms with E-state index < -0.39 is 0 Å². The molecule has 2 unspecified atom stereocenters. The quantitative estimate of drug-likeness (QED) is 0.752. The van der Waals surface area contributed by atoms with E-state index in [-0.39, 0.29) is 6.10 Å². The van der Waals surface area contributed by atoms with Crippen LogP contribution in [0.25, 0.3) is 0 Å². The molecule has 90 valence electrons. The van der Waals surface area contributed by atoms with Gasteiger partial charge in [0.15, 0.2) is 0 Å². The largest absolute Gasteiger partial charge is 0.390 e.